The monoisotopic (exact) mass is 622 g/mol. The van der Waals surface area contributed by atoms with Crippen LogP contribution in [0.15, 0.2) is 72.8 Å². The van der Waals surface area contributed by atoms with Gasteiger partial charge in [-0.05, 0) is 72.5 Å². The molecule has 2 aliphatic rings. The molecule has 0 bridgehead atoms. The van der Waals surface area contributed by atoms with Crippen molar-refractivity contribution in [2.24, 2.45) is 11.8 Å². The van der Waals surface area contributed by atoms with Crippen molar-refractivity contribution in [3.63, 3.8) is 0 Å². The van der Waals surface area contributed by atoms with Gasteiger partial charge in [0.25, 0.3) is 0 Å². The number of benzene rings is 4. The number of ketones is 1. The van der Waals surface area contributed by atoms with Crippen LogP contribution in [-0.2, 0) is 4.79 Å². The highest BCUT2D eigenvalue weighted by atomic mass is 16.5. The molecule has 2 aliphatic carbocycles. The van der Waals surface area contributed by atoms with E-state index < -0.39 is 34.9 Å². The number of carbonyl (C=O) groups is 1. The van der Waals surface area contributed by atoms with Crippen LogP contribution < -0.4 is 9.47 Å². The van der Waals surface area contributed by atoms with E-state index in [1.54, 1.807) is 27.7 Å². The molecule has 0 radical (unpaired) electrons. The van der Waals surface area contributed by atoms with Gasteiger partial charge in [0.15, 0.2) is 0 Å². The lowest BCUT2D eigenvalue weighted by Crippen LogP contribution is -2.50. The summed E-state index contributed by atoms with van der Waals surface area (Å²) in [5.74, 6) is -1.68. The summed E-state index contributed by atoms with van der Waals surface area (Å²) in [6, 6.07) is 19.6. The molecule has 0 amide bonds. The molecule has 0 aliphatic heterocycles. The van der Waals surface area contributed by atoms with Crippen molar-refractivity contribution in [3.05, 3.63) is 95.1 Å². The lowest BCUT2D eigenvalue weighted by molar-refractivity contribution is -0.143. The lowest BCUT2D eigenvalue weighted by atomic mass is 9.63. The number of Topliss-reactive ketones (excluding diaryl/α,β-unsaturated/α-hetero) is 1. The Bertz CT molecular complexity index is 1710. The second-order valence-corrected chi connectivity index (χ2v) is 13.4. The Labute approximate surface area is 269 Å². The van der Waals surface area contributed by atoms with Crippen LogP contribution in [-0.4, -0.2) is 63.8 Å². The predicted molar refractivity (Wildman–Crippen MR) is 181 cm³/mol. The number of hydrogen-bond acceptors (Lipinski definition) is 7. The smallest absolute Gasteiger partial charge is 0.146 e. The van der Waals surface area contributed by atoms with Crippen LogP contribution in [0.25, 0.3) is 33.7 Å². The molecule has 0 saturated heterocycles. The van der Waals surface area contributed by atoms with Gasteiger partial charge in [-0.15, -0.1) is 0 Å². The minimum atomic E-state index is -1.44. The van der Waals surface area contributed by atoms with E-state index in [2.05, 4.69) is 0 Å². The summed E-state index contributed by atoms with van der Waals surface area (Å²) in [5, 5.41) is 46.1. The Morgan fingerprint density at radius 1 is 0.674 bits per heavy atom. The summed E-state index contributed by atoms with van der Waals surface area (Å²) < 4.78 is 11.7. The molecule has 4 N–H and O–H groups in total. The van der Waals surface area contributed by atoms with Crippen molar-refractivity contribution < 1.29 is 34.7 Å². The fourth-order valence-electron chi connectivity index (χ4n) is 7.59. The lowest BCUT2D eigenvalue weighted by Gasteiger charge is -2.43. The zero-order chi connectivity index (χ0) is 32.8. The number of ether oxygens (including phenoxy) is 2. The van der Waals surface area contributed by atoms with Crippen molar-refractivity contribution in [1.82, 2.24) is 0 Å². The first-order valence-corrected chi connectivity index (χ1v) is 15.9. The molecule has 0 aromatic heterocycles. The van der Waals surface area contributed by atoms with Crippen LogP contribution in [0.1, 0.15) is 61.8 Å². The number of carbonyl (C=O) groups excluding carboxylic acids is 1. The molecule has 0 heterocycles. The number of aliphatic hydroxyl groups is 4. The van der Waals surface area contributed by atoms with Crippen molar-refractivity contribution in [3.8, 4) is 11.5 Å². The van der Waals surface area contributed by atoms with Gasteiger partial charge in [0.05, 0.1) is 36.3 Å². The number of rotatable bonds is 12. The average Bonchev–Trinajstić information content (AvgIpc) is 3.01. The molecule has 0 fully saturated rings. The van der Waals surface area contributed by atoms with E-state index in [4.69, 9.17) is 9.47 Å². The van der Waals surface area contributed by atoms with Gasteiger partial charge in [0.1, 0.15) is 30.5 Å². The molecular weight excluding hydrogens is 580 g/mol. The van der Waals surface area contributed by atoms with Crippen molar-refractivity contribution in [2.45, 2.75) is 50.7 Å². The van der Waals surface area contributed by atoms with Gasteiger partial charge in [-0.1, -0.05) is 72.8 Å². The highest BCUT2D eigenvalue weighted by molar-refractivity contribution is 6.01. The fourth-order valence-corrected chi connectivity index (χ4v) is 7.59. The third-order valence-corrected chi connectivity index (χ3v) is 9.37. The molecule has 0 saturated carbocycles. The second-order valence-electron chi connectivity index (χ2n) is 13.4. The molecule has 46 heavy (non-hydrogen) atoms. The van der Waals surface area contributed by atoms with Gasteiger partial charge >= 0.3 is 0 Å². The van der Waals surface area contributed by atoms with E-state index in [0.29, 0.717) is 11.5 Å². The van der Waals surface area contributed by atoms with Crippen LogP contribution in [0, 0.1) is 11.8 Å². The first-order chi connectivity index (χ1) is 22.0. The highest BCUT2D eigenvalue weighted by Gasteiger charge is 2.49. The molecule has 240 valence electrons. The van der Waals surface area contributed by atoms with Gasteiger partial charge in [0, 0.05) is 23.0 Å². The van der Waals surface area contributed by atoms with E-state index in [0.717, 1.165) is 43.8 Å². The Morgan fingerprint density at radius 2 is 1.09 bits per heavy atom. The molecular formula is C39H42O7. The van der Waals surface area contributed by atoms with Crippen LogP contribution >= 0.6 is 0 Å². The Kier molecular flexibility index (Phi) is 8.55. The van der Waals surface area contributed by atoms with Crippen LogP contribution in [0.2, 0.25) is 0 Å². The SMILES string of the molecule is CC(C)(O)C(C(=O)C(C1C=Cc2c(OCCO)ccc3cccc1c23)C(C)(C)O)C1C=Cc2c(OCCO)ccc3cccc1c23. The molecule has 4 atom stereocenters. The zero-order valence-corrected chi connectivity index (χ0v) is 26.7. The van der Waals surface area contributed by atoms with E-state index in [1.165, 1.54) is 0 Å². The second kappa shape index (κ2) is 12.3. The average molecular weight is 623 g/mol. The van der Waals surface area contributed by atoms with Crippen molar-refractivity contribution >= 4 is 39.5 Å². The normalized spacial score (nSPS) is 18.5. The maximum absolute atomic E-state index is 15.1. The Hall–Kier alpha value is -4.01. The molecule has 0 spiro atoms. The zero-order valence-electron chi connectivity index (χ0n) is 26.7. The number of allylic oxidation sites excluding steroid dienone is 2. The van der Waals surface area contributed by atoms with Gasteiger partial charge < -0.3 is 29.9 Å². The van der Waals surface area contributed by atoms with Gasteiger partial charge in [-0.25, -0.2) is 0 Å². The Morgan fingerprint density at radius 3 is 1.46 bits per heavy atom. The largest absolute Gasteiger partial charge is 0.491 e. The molecule has 7 nitrogen and oxygen atoms in total. The summed E-state index contributed by atoms with van der Waals surface area (Å²) in [4.78, 5) is 15.1. The maximum atomic E-state index is 15.1. The summed E-state index contributed by atoms with van der Waals surface area (Å²) in [6.45, 7) is 6.77. The molecule has 6 rings (SSSR count). The third kappa shape index (κ3) is 5.62. The van der Waals surface area contributed by atoms with Crippen LogP contribution in [0.5, 0.6) is 11.5 Å². The summed E-state index contributed by atoms with van der Waals surface area (Å²) in [7, 11) is 0. The number of aliphatic hydroxyl groups excluding tert-OH is 2. The van der Waals surface area contributed by atoms with Gasteiger partial charge in [-0.3, -0.25) is 4.79 Å². The fraction of sp³-hybridized carbons (Fsp3) is 0.359. The van der Waals surface area contributed by atoms with E-state index in [9.17, 15) is 20.4 Å². The van der Waals surface area contributed by atoms with Crippen LogP contribution in [0.4, 0.5) is 0 Å². The van der Waals surface area contributed by atoms with Crippen LogP contribution in [0.3, 0.4) is 0 Å². The first kappa shape index (κ1) is 32.0. The van der Waals surface area contributed by atoms with E-state index in [1.807, 2.05) is 85.0 Å². The highest BCUT2D eigenvalue weighted by Crippen LogP contribution is 2.50. The topological polar surface area (TPSA) is 116 Å². The molecule has 7 heteroatoms. The first-order valence-electron chi connectivity index (χ1n) is 15.9. The predicted octanol–water partition coefficient (Wildman–Crippen LogP) is 6.00. The van der Waals surface area contributed by atoms with Crippen molar-refractivity contribution in [2.75, 3.05) is 26.4 Å². The van der Waals surface area contributed by atoms with E-state index in [-0.39, 0.29) is 32.2 Å². The molecule has 4 aromatic carbocycles. The van der Waals surface area contributed by atoms with Gasteiger partial charge in [-0.2, -0.15) is 0 Å². The maximum Gasteiger partial charge on any atom is 0.146 e. The van der Waals surface area contributed by atoms with Gasteiger partial charge in [0.2, 0.25) is 0 Å². The summed E-state index contributed by atoms with van der Waals surface area (Å²) in [6.07, 6.45) is 7.82. The van der Waals surface area contributed by atoms with E-state index >= 15 is 4.79 Å². The number of hydrogen-bond donors (Lipinski definition) is 4. The third-order valence-electron chi connectivity index (χ3n) is 9.37. The molecule has 4 unspecified atom stereocenters. The Balaban J connectivity index is 1.47. The van der Waals surface area contributed by atoms with Crippen molar-refractivity contribution in [1.29, 1.82) is 0 Å². The summed E-state index contributed by atoms with van der Waals surface area (Å²) >= 11 is 0. The minimum Gasteiger partial charge on any atom is -0.491 e. The quantitative estimate of drug-likeness (QED) is 0.153. The summed E-state index contributed by atoms with van der Waals surface area (Å²) in [5.41, 5.74) is 0.670. The standard InChI is InChI=1S/C39H42O7/c1-38(2,43)35(27-13-15-29-31(45-21-19-40)17-11-23-7-5-9-25(27)33(23)29)37(42)36(39(3,4)44)28-14-16-30-32(46-22-20-41)18-12-24-8-6-10-26(28)34(24)30/h5-18,27-28,35-36,40-41,43-44H,19-22H2,1-4H3. The molecule has 4 aromatic rings. The minimum absolute atomic E-state index is 0.107.